The number of allylic oxidation sites excluding steroid dienone is 1. The number of fused-ring (bicyclic) bond motifs is 2. The molecule has 0 radical (unpaired) electrons. The van der Waals surface area contributed by atoms with E-state index in [-0.39, 0.29) is 24.6 Å². The summed E-state index contributed by atoms with van der Waals surface area (Å²) >= 11 is 0. The monoisotopic (exact) mass is 380 g/mol. The van der Waals surface area contributed by atoms with Crippen molar-refractivity contribution < 1.29 is 24.9 Å². The van der Waals surface area contributed by atoms with Crippen LogP contribution in [0.1, 0.15) is 35.2 Å². The lowest BCUT2D eigenvalue weighted by Crippen LogP contribution is -2.11. The van der Waals surface area contributed by atoms with E-state index in [0.717, 1.165) is 0 Å². The van der Waals surface area contributed by atoms with E-state index in [1.807, 2.05) is 0 Å². The number of ketones is 1. The molecule has 1 atom stereocenters. The van der Waals surface area contributed by atoms with Gasteiger partial charge in [-0.2, -0.15) is 0 Å². The number of hydrogen-bond donors (Lipinski definition) is 3. The first kappa shape index (κ1) is 18.3. The van der Waals surface area contributed by atoms with Crippen molar-refractivity contribution in [2.75, 3.05) is 7.11 Å². The van der Waals surface area contributed by atoms with E-state index in [2.05, 4.69) is 9.97 Å². The molecule has 1 aliphatic carbocycles. The fourth-order valence-corrected chi connectivity index (χ4v) is 3.61. The molecule has 0 spiro atoms. The summed E-state index contributed by atoms with van der Waals surface area (Å²) in [7, 11) is 1.52. The topological polar surface area (TPSA) is 113 Å². The highest BCUT2D eigenvalue weighted by Gasteiger charge is 2.26. The smallest absolute Gasteiger partial charge is 0.169 e. The van der Waals surface area contributed by atoms with Gasteiger partial charge in [-0.1, -0.05) is 12.1 Å². The molecule has 3 aromatic rings. The normalized spacial score (nSPS) is 16.9. The van der Waals surface area contributed by atoms with Gasteiger partial charge in [0.05, 0.1) is 36.6 Å². The van der Waals surface area contributed by atoms with Gasteiger partial charge in [-0.3, -0.25) is 4.79 Å². The zero-order chi connectivity index (χ0) is 19.8. The van der Waals surface area contributed by atoms with E-state index in [1.54, 1.807) is 30.3 Å². The summed E-state index contributed by atoms with van der Waals surface area (Å²) in [5.74, 6) is 0.335. The van der Waals surface area contributed by atoms with Crippen LogP contribution in [0.25, 0.3) is 22.1 Å². The van der Waals surface area contributed by atoms with Gasteiger partial charge in [-0.25, -0.2) is 9.97 Å². The second kappa shape index (κ2) is 7.18. The van der Waals surface area contributed by atoms with Crippen molar-refractivity contribution in [3.8, 4) is 5.75 Å². The van der Waals surface area contributed by atoms with Crippen LogP contribution in [0.5, 0.6) is 5.75 Å². The van der Waals surface area contributed by atoms with E-state index >= 15 is 0 Å². The van der Waals surface area contributed by atoms with Gasteiger partial charge in [0.25, 0.3) is 0 Å². The minimum absolute atomic E-state index is 0.0698. The molecule has 144 valence electrons. The van der Waals surface area contributed by atoms with Crippen molar-refractivity contribution in [3.63, 3.8) is 0 Å². The Kier molecular flexibility index (Phi) is 4.70. The average molecular weight is 380 g/mol. The maximum absolute atomic E-state index is 12.9. The van der Waals surface area contributed by atoms with Crippen LogP contribution in [-0.4, -0.2) is 44.3 Å². The number of Topliss-reactive ketones (excluding diaryl/α,β-unsaturated/α-hetero) is 1. The predicted octanol–water partition coefficient (Wildman–Crippen LogP) is 2.82. The molecule has 2 aromatic carbocycles. The number of carbonyl (C=O) groups excluding carboxylic acids is 1. The third-order valence-electron chi connectivity index (χ3n) is 5.14. The second-order valence-electron chi connectivity index (χ2n) is 6.81. The summed E-state index contributed by atoms with van der Waals surface area (Å²) in [6.07, 6.45) is -0.0573. The van der Waals surface area contributed by atoms with E-state index in [4.69, 9.17) is 4.74 Å². The molecule has 28 heavy (non-hydrogen) atoms. The van der Waals surface area contributed by atoms with Crippen molar-refractivity contribution in [2.45, 2.75) is 32.0 Å². The van der Waals surface area contributed by atoms with Crippen LogP contribution >= 0.6 is 0 Å². The number of nitrogens with zero attached hydrogens (tertiary/aromatic N) is 2. The van der Waals surface area contributed by atoms with Crippen molar-refractivity contribution in [3.05, 3.63) is 52.8 Å². The first-order valence-electron chi connectivity index (χ1n) is 9.02. The number of rotatable bonds is 5. The van der Waals surface area contributed by atoms with Gasteiger partial charge in [-0.05, 0) is 24.6 Å². The van der Waals surface area contributed by atoms with Crippen LogP contribution in [0.15, 0.2) is 41.7 Å². The summed E-state index contributed by atoms with van der Waals surface area (Å²) in [4.78, 5) is 22.2. The molecule has 0 saturated carbocycles. The molecule has 3 N–H and O–H groups in total. The minimum atomic E-state index is -0.793. The SMILES string of the molecule is COc1ccc(CO)c2nc3cccc(C(=O)CC4=C(O)CCC4O)c3nc12. The molecule has 7 nitrogen and oxygen atoms in total. The van der Waals surface area contributed by atoms with Gasteiger partial charge in [0, 0.05) is 29.5 Å². The highest BCUT2D eigenvalue weighted by molar-refractivity contribution is 6.08. The third-order valence-corrected chi connectivity index (χ3v) is 5.14. The number of methoxy groups -OCH3 is 1. The predicted molar refractivity (Wildman–Crippen MR) is 103 cm³/mol. The number of ether oxygens (including phenoxy) is 1. The molecule has 4 rings (SSSR count). The van der Waals surface area contributed by atoms with Crippen molar-refractivity contribution in [1.82, 2.24) is 9.97 Å². The van der Waals surface area contributed by atoms with Crippen LogP contribution in [0, 0.1) is 0 Å². The molecule has 1 aliphatic rings. The lowest BCUT2D eigenvalue weighted by atomic mass is 9.99. The molecule has 1 unspecified atom stereocenters. The lowest BCUT2D eigenvalue weighted by Gasteiger charge is -2.12. The molecular weight excluding hydrogens is 360 g/mol. The summed E-state index contributed by atoms with van der Waals surface area (Å²) in [5.41, 5.74) is 3.27. The highest BCUT2D eigenvalue weighted by atomic mass is 16.5. The lowest BCUT2D eigenvalue weighted by molar-refractivity contribution is 0.0981. The summed E-state index contributed by atoms with van der Waals surface area (Å²) in [6, 6.07) is 8.56. The fraction of sp³-hybridized carbons (Fsp3) is 0.286. The Morgan fingerprint density at radius 2 is 2.00 bits per heavy atom. The zero-order valence-electron chi connectivity index (χ0n) is 15.3. The number of para-hydroxylation sites is 1. The first-order valence-corrected chi connectivity index (χ1v) is 9.02. The number of aliphatic hydroxyl groups excluding tert-OH is 3. The van der Waals surface area contributed by atoms with Crippen LogP contribution in [0.3, 0.4) is 0 Å². The van der Waals surface area contributed by atoms with Crippen molar-refractivity contribution in [2.24, 2.45) is 0 Å². The number of aliphatic hydroxyl groups is 3. The Morgan fingerprint density at radius 1 is 1.18 bits per heavy atom. The van der Waals surface area contributed by atoms with Gasteiger partial charge in [-0.15, -0.1) is 0 Å². The molecule has 0 amide bonds. The molecule has 0 aliphatic heterocycles. The van der Waals surface area contributed by atoms with Gasteiger partial charge >= 0.3 is 0 Å². The number of aromatic nitrogens is 2. The molecule has 1 aromatic heterocycles. The molecule has 7 heteroatoms. The summed E-state index contributed by atoms with van der Waals surface area (Å²) in [6.45, 7) is -0.190. The van der Waals surface area contributed by atoms with Crippen LogP contribution in [-0.2, 0) is 6.61 Å². The van der Waals surface area contributed by atoms with Crippen molar-refractivity contribution >= 4 is 27.9 Å². The Labute approximate surface area is 160 Å². The fourth-order valence-electron chi connectivity index (χ4n) is 3.61. The molecular formula is C21H20N2O5. The quantitative estimate of drug-likeness (QED) is 0.461. The van der Waals surface area contributed by atoms with Gasteiger partial charge in [0.1, 0.15) is 16.8 Å². The number of hydrogen-bond acceptors (Lipinski definition) is 7. The second-order valence-corrected chi connectivity index (χ2v) is 6.81. The minimum Gasteiger partial charge on any atom is -0.512 e. The van der Waals surface area contributed by atoms with E-state index in [1.165, 1.54) is 7.11 Å². The number of carbonyl (C=O) groups is 1. The molecule has 1 heterocycles. The molecule has 0 bridgehead atoms. The van der Waals surface area contributed by atoms with Crippen LogP contribution in [0.2, 0.25) is 0 Å². The maximum Gasteiger partial charge on any atom is 0.169 e. The standard InChI is InChI=1S/C21H20N2O5/c1-28-18-8-5-11(10-24)19-21(18)23-20-12(3-2-4-14(20)22-19)17(27)9-13-15(25)6-7-16(13)26/h2-5,8,15,24-26H,6-7,9-10H2,1H3. The van der Waals surface area contributed by atoms with E-state index in [9.17, 15) is 20.1 Å². The number of benzene rings is 2. The van der Waals surface area contributed by atoms with Gasteiger partial charge < -0.3 is 20.1 Å². The van der Waals surface area contributed by atoms with Gasteiger partial charge in [0.2, 0.25) is 0 Å². The summed E-state index contributed by atoms with van der Waals surface area (Å²) < 4.78 is 5.37. The third kappa shape index (κ3) is 2.98. The van der Waals surface area contributed by atoms with Crippen LogP contribution < -0.4 is 4.74 Å². The van der Waals surface area contributed by atoms with Crippen LogP contribution in [0.4, 0.5) is 0 Å². The zero-order valence-corrected chi connectivity index (χ0v) is 15.3. The highest BCUT2D eigenvalue weighted by Crippen LogP contribution is 2.31. The Morgan fingerprint density at radius 3 is 2.68 bits per heavy atom. The largest absolute Gasteiger partial charge is 0.512 e. The average Bonchev–Trinajstić information content (AvgIpc) is 3.03. The maximum atomic E-state index is 12.9. The Bertz CT molecular complexity index is 1120. The van der Waals surface area contributed by atoms with E-state index in [0.29, 0.717) is 57.4 Å². The Balaban J connectivity index is 1.87. The first-order chi connectivity index (χ1) is 13.5. The van der Waals surface area contributed by atoms with Gasteiger partial charge in [0.15, 0.2) is 5.78 Å². The molecule has 0 saturated heterocycles. The summed E-state index contributed by atoms with van der Waals surface area (Å²) in [5, 5.41) is 29.5. The Hall–Kier alpha value is -3.03. The van der Waals surface area contributed by atoms with Crippen molar-refractivity contribution in [1.29, 1.82) is 0 Å². The van der Waals surface area contributed by atoms with E-state index < -0.39 is 6.10 Å². The molecule has 0 fully saturated rings.